The molecule has 1 amide bonds. The zero-order chi connectivity index (χ0) is 16.2. The van der Waals surface area contributed by atoms with Crippen molar-refractivity contribution in [1.82, 2.24) is 10.2 Å². The average molecular weight is 316 g/mol. The zero-order valence-electron chi connectivity index (χ0n) is 12.3. The minimum absolute atomic E-state index is 0.0536. The number of nitrogens with one attached hydrogen (secondary N) is 1. The van der Waals surface area contributed by atoms with Crippen LogP contribution in [0.4, 0.5) is 13.2 Å². The molecule has 22 heavy (non-hydrogen) atoms. The van der Waals surface area contributed by atoms with Gasteiger partial charge in [0.25, 0.3) is 0 Å². The van der Waals surface area contributed by atoms with Crippen molar-refractivity contribution in [2.75, 3.05) is 33.3 Å². The van der Waals surface area contributed by atoms with E-state index in [9.17, 15) is 18.0 Å². The molecule has 4 nitrogen and oxygen atoms in total. The highest BCUT2D eigenvalue weighted by atomic mass is 19.4. The highest BCUT2D eigenvalue weighted by Gasteiger charge is 2.31. The van der Waals surface area contributed by atoms with Gasteiger partial charge in [-0.15, -0.1) is 0 Å². The quantitative estimate of drug-likeness (QED) is 0.926. The number of ether oxygens (including phenoxy) is 1. The first-order chi connectivity index (χ1) is 10.4. The molecule has 1 aliphatic rings. The number of benzene rings is 1. The fourth-order valence-electron chi connectivity index (χ4n) is 2.41. The van der Waals surface area contributed by atoms with Gasteiger partial charge in [-0.1, -0.05) is 12.1 Å². The van der Waals surface area contributed by atoms with Crippen molar-refractivity contribution >= 4 is 5.91 Å². The van der Waals surface area contributed by atoms with Crippen LogP contribution in [0.5, 0.6) is 0 Å². The van der Waals surface area contributed by atoms with Gasteiger partial charge in [-0.05, 0) is 17.7 Å². The monoisotopic (exact) mass is 316 g/mol. The van der Waals surface area contributed by atoms with Crippen LogP contribution < -0.4 is 5.32 Å². The summed E-state index contributed by atoms with van der Waals surface area (Å²) < 4.78 is 43.9. The Balaban J connectivity index is 2.01. The average Bonchev–Trinajstić information content (AvgIpc) is 2.52. The molecule has 7 heteroatoms. The molecule has 1 fully saturated rings. The van der Waals surface area contributed by atoms with Crippen LogP contribution in [0.15, 0.2) is 24.3 Å². The fraction of sp³-hybridized carbons (Fsp3) is 0.533. The van der Waals surface area contributed by atoms with Crippen LogP contribution >= 0.6 is 0 Å². The van der Waals surface area contributed by atoms with Gasteiger partial charge in [0.1, 0.15) is 0 Å². The standard InChI is InChI=1S/C15H19F3N2O2/c1-19-14(21)5-6-20-7-8-22-13(10-20)11-3-2-4-12(9-11)15(16,17)18/h2-4,9,13H,5-8,10H2,1H3,(H,19,21). The van der Waals surface area contributed by atoms with Crippen LogP contribution in [0, 0.1) is 0 Å². The lowest BCUT2D eigenvalue weighted by atomic mass is 10.0. The molecule has 1 N–H and O–H groups in total. The molecule has 0 spiro atoms. The van der Waals surface area contributed by atoms with E-state index in [0.29, 0.717) is 38.2 Å². The molecule has 1 heterocycles. The third-order valence-corrected chi connectivity index (χ3v) is 3.67. The van der Waals surface area contributed by atoms with Crippen molar-refractivity contribution in [3.63, 3.8) is 0 Å². The number of carbonyl (C=O) groups is 1. The molecule has 0 aromatic heterocycles. The van der Waals surface area contributed by atoms with Crippen LogP contribution in [0.3, 0.4) is 0 Å². The molecule has 1 aliphatic heterocycles. The van der Waals surface area contributed by atoms with E-state index in [1.165, 1.54) is 6.07 Å². The molecular weight excluding hydrogens is 297 g/mol. The Bertz CT molecular complexity index is 520. The topological polar surface area (TPSA) is 41.6 Å². The Morgan fingerprint density at radius 2 is 2.23 bits per heavy atom. The smallest absolute Gasteiger partial charge is 0.371 e. The van der Waals surface area contributed by atoms with E-state index in [1.807, 2.05) is 4.90 Å². The van der Waals surface area contributed by atoms with Gasteiger partial charge in [0.15, 0.2) is 0 Å². The number of morpholine rings is 1. The van der Waals surface area contributed by atoms with Gasteiger partial charge in [0.2, 0.25) is 5.91 Å². The lowest BCUT2D eigenvalue weighted by molar-refractivity contribution is -0.137. The van der Waals surface area contributed by atoms with Crippen molar-refractivity contribution in [1.29, 1.82) is 0 Å². The summed E-state index contributed by atoms with van der Waals surface area (Å²) in [5.41, 5.74) is -0.157. The Morgan fingerprint density at radius 1 is 1.45 bits per heavy atom. The Morgan fingerprint density at radius 3 is 2.91 bits per heavy atom. The summed E-state index contributed by atoms with van der Waals surface area (Å²) in [6.45, 7) is 2.16. The SMILES string of the molecule is CNC(=O)CCN1CCOC(c2cccc(C(F)(F)F)c2)C1. The number of alkyl halides is 3. The lowest BCUT2D eigenvalue weighted by Gasteiger charge is -2.33. The van der Waals surface area contributed by atoms with Crippen molar-refractivity contribution < 1.29 is 22.7 Å². The van der Waals surface area contributed by atoms with Crippen LogP contribution in [-0.4, -0.2) is 44.1 Å². The summed E-state index contributed by atoms with van der Waals surface area (Å²) in [5, 5.41) is 2.55. The highest BCUT2D eigenvalue weighted by Crippen LogP contribution is 2.32. The van der Waals surface area contributed by atoms with Gasteiger partial charge in [-0.25, -0.2) is 0 Å². The molecular formula is C15H19F3N2O2. The molecule has 0 bridgehead atoms. The van der Waals surface area contributed by atoms with Gasteiger partial charge in [0, 0.05) is 33.1 Å². The van der Waals surface area contributed by atoms with E-state index in [1.54, 1.807) is 13.1 Å². The first-order valence-electron chi connectivity index (χ1n) is 7.12. The van der Waals surface area contributed by atoms with E-state index >= 15 is 0 Å². The second-order valence-electron chi connectivity index (χ2n) is 5.21. The fourth-order valence-corrected chi connectivity index (χ4v) is 2.41. The molecule has 0 aliphatic carbocycles. The van der Waals surface area contributed by atoms with Gasteiger partial charge in [-0.3, -0.25) is 9.69 Å². The number of nitrogens with zero attached hydrogens (tertiary/aromatic N) is 1. The molecule has 0 radical (unpaired) electrons. The summed E-state index contributed by atoms with van der Waals surface area (Å²) in [6, 6.07) is 5.22. The second-order valence-corrected chi connectivity index (χ2v) is 5.21. The maximum atomic E-state index is 12.8. The third kappa shape index (κ3) is 4.45. The number of hydrogen-bond donors (Lipinski definition) is 1. The van der Waals surface area contributed by atoms with Crippen LogP contribution in [0.25, 0.3) is 0 Å². The summed E-state index contributed by atoms with van der Waals surface area (Å²) in [6.07, 6.45) is -4.39. The maximum Gasteiger partial charge on any atom is 0.416 e. The summed E-state index contributed by atoms with van der Waals surface area (Å²) in [5.74, 6) is -0.0536. The van der Waals surface area contributed by atoms with Gasteiger partial charge in [0.05, 0.1) is 18.3 Å². The lowest BCUT2D eigenvalue weighted by Crippen LogP contribution is -2.40. The van der Waals surface area contributed by atoms with Crippen molar-refractivity contribution in [2.24, 2.45) is 0 Å². The normalized spacial score (nSPS) is 19.9. The largest absolute Gasteiger partial charge is 0.416 e. The summed E-state index contributed by atoms with van der Waals surface area (Å²) in [7, 11) is 1.58. The minimum atomic E-state index is -4.36. The molecule has 1 aromatic rings. The number of carbonyl (C=O) groups excluding carboxylic acids is 1. The zero-order valence-corrected chi connectivity index (χ0v) is 12.3. The molecule has 0 saturated carbocycles. The van der Waals surface area contributed by atoms with E-state index in [4.69, 9.17) is 4.74 Å². The van der Waals surface area contributed by atoms with Crippen molar-refractivity contribution in [3.05, 3.63) is 35.4 Å². The molecule has 1 aromatic carbocycles. The first kappa shape index (κ1) is 16.8. The molecule has 2 rings (SSSR count). The van der Waals surface area contributed by atoms with E-state index in [0.717, 1.165) is 12.1 Å². The number of hydrogen-bond acceptors (Lipinski definition) is 3. The molecule has 122 valence electrons. The van der Waals surface area contributed by atoms with Crippen LogP contribution in [0.2, 0.25) is 0 Å². The van der Waals surface area contributed by atoms with E-state index in [-0.39, 0.29) is 5.91 Å². The first-order valence-corrected chi connectivity index (χ1v) is 7.12. The Hall–Kier alpha value is -1.60. The predicted octanol–water partition coefficient (Wildman–Crippen LogP) is 2.21. The summed E-state index contributed by atoms with van der Waals surface area (Å²) >= 11 is 0. The van der Waals surface area contributed by atoms with Gasteiger partial charge in [-0.2, -0.15) is 13.2 Å². The number of halogens is 3. The number of rotatable bonds is 4. The van der Waals surface area contributed by atoms with Crippen molar-refractivity contribution in [2.45, 2.75) is 18.7 Å². The predicted molar refractivity (Wildman–Crippen MR) is 75.3 cm³/mol. The third-order valence-electron chi connectivity index (χ3n) is 3.67. The molecule has 1 atom stereocenters. The minimum Gasteiger partial charge on any atom is -0.371 e. The van der Waals surface area contributed by atoms with Gasteiger partial charge >= 0.3 is 6.18 Å². The molecule has 1 unspecified atom stereocenters. The second kappa shape index (κ2) is 7.11. The van der Waals surface area contributed by atoms with Crippen molar-refractivity contribution in [3.8, 4) is 0 Å². The van der Waals surface area contributed by atoms with E-state index in [2.05, 4.69) is 5.32 Å². The highest BCUT2D eigenvalue weighted by molar-refractivity contribution is 5.75. The number of amides is 1. The van der Waals surface area contributed by atoms with Crippen LogP contribution in [-0.2, 0) is 15.7 Å². The summed E-state index contributed by atoms with van der Waals surface area (Å²) in [4.78, 5) is 13.3. The Kier molecular flexibility index (Phi) is 5.42. The molecule has 1 saturated heterocycles. The maximum absolute atomic E-state index is 12.8. The van der Waals surface area contributed by atoms with Gasteiger partial charge < -0.3 is 10.1 Å². The van der Waals surface area contributed by atoms with E-state index < -0.39 is 17.8 Å². The van der Waals surface area contributed by atoms with Crippen LogP contribution in [0.1, 0.15) is 23.7 Å². The Labute approximate surface area is 127 Å².